The lowest BCUT2D eigenvalue weighted by Crippen LogP contribution is -2.30. The van der Waals surface area contributed by atoms with E-state index in [2.05, 4.69) is 0 Å². The van der Waals surface area contributed by atoms with E-state index in [0.717, 1.165) is 10.9 Å². The molecule has 0 saturated heterocycles. The number of aliphatic hydroxyl groups excluding tert-OH is 1. The zero-order valence-corrected chi connectivity index (χ0v) is 16.7. The Kier molecular flexibility index (Phi) is 4.47. The topological polar surface area (TPSA) is 83.9 Å². The third kappa shape index (κ3) is 3.22. The van der Waals surface area contributed by atoms with Crippen LogP contribution in [-0.2, 0) is 11.3 Å². The predicted octanol–water partition coefficient (Wildman–Crippen LogP) is 5.11. The number of hydrogen-bond donors (Lipinski definition) is 1. The van der Waals surface area contributed by atoms with Crippen molar-refractivity contribution in [3.8, 4) is 0 Å². The number of carbonyl (C=O) groups excluding carboxylic acids is 2. The van der Waals surface area contributed by atoms with Crippen LogP contribution in [-0.4, -0.2) is 21.7 Å². The minimum Gasteiger partial charge on any atom is -0.503 e. The van der Waals surface area contributed by atoms with Crippen LogP contribution in [0.4, 0.5) is 0 Å². The molecule has 154 valence electrons. The molecule has 0 unspecified atom stereocenters. The number of para-hydroxylation sites is 1. The molecule has 1 aliphatic rings. The van der Waals surface area contributed by atoms with Crippen molar-refractivity contribution in [3.05, 3.63) is 107 Å². The number of rotatable bonds is 5. The van der Waals surface area contributed by atoms with E-state index in [1.807, 2.05) is 49.4 Å². The zero-order chi connectivity index (χ0) is 21.5. The van der Waals surface area contributed by atoms with Gasteiger partial charge in [0.15, 0.2) is 11.5 Å². The second kappa shape index (κ2) is 7.32. The summed E-state index contributed by atoms with van der Waals surface area (Å²) in [5, 5.41) is 11.5. The highest BCUT2D eigenvalue weighted by Gasteiger charge is 2.44. The number of amides is 1. The summed E-state index contributed by atoms with van der Waals surface area (Å²) < 4.78 is 11.1. The van der Waals surface area contributed by atoms with E-state index >= 15 is 0 Å². The van der Waals surface area contributed by atoms with Crippen LogP contribution >= 0.6 is 0 Å². The average molecular weight is 413 g/mol. The molecule has 2 aromatic heterocycles. The van der Waals surface area contributed by atoms with Crippen molar-refractivity contribution < 1.29 is 23.5 Å². The van der Waals surface area contributed by atoms with Gasteiger partial charge in [0.2, 0.25) is 5.78 Å². The van der Waals surface area contributed by atoms with Crippen molar-refractivity contribution in [1.29, 1.82) is 0 Å². The number of nitrogens with zero attached hydrogens (tertiary/aromatic N) is 1. The molecule has 1 N–H and O–H groups in total. The largest absolute Gasteiger partial charge is 0.503 e. The number of aryl methyl sites for hydroxylation is 1. The first-order chi connectivity index (χ1) is 15.0. The molecule has 1 amide bonds. The maximum Gasteiger partial charge on any atom is 0.290 e. The number of carbonyl (C=O) groups is 2. The highest BCUT2D eigenvalue weighted by Crippen LogP contribution is 2.40. The van der Waals surface area contributed by atoms with Crippen molar-refractivity contribution in [2.75, 3.05) is 0 Å². The molecule has 0 radical (unpaired) electrons. The summed E-state index contributed by atoms with van der Waals surface area (Å²) in [6, 6.07) is 19.1. The van der Waals surface area contributed by atoms with Crippen molar-refractivity contribution in [1.82, 2.24) is 4.90 Å². The van der Waals surface area contributed by atoms with Crippen LogP contribution in [0, 0.1) is 6.92 Å². The monoisotopic (exact) mass is 413 g/mol. The molecule has 2 aromatic carbocycles. The summed E-state index contributed by atoms with van der Waals surface area (Å²) in [5.74, 6) is -1.08. The summed E-state index contributed by atoms with van der Waals surface area (Å²) >= 11 is 0. The Morgan fingerprint density at radius 2 is 1.84 bits per heavy atom. The minimum atomic E-state index is -0.765. The highest BCUT2D eigenvalue weighted by molar-refractivity contribution is 6.15. The van der Waals surface area contributed by atoms with Crippen LogP contribution in [0.5, 0.6) is 0 Å². The number of Topliss-reactive ketones (excluding diaryl/α,β-unsaturated/α-hetero) is 1. The fourth-order valence-electron chi connectivity index (χ4n) is 3.94. The van der Waals surface area contributed by atoms with Crippen molar-refractivity contribution in [2.45, 2.75) is 19.5 Å². The number of aliphatic hydroxyl groups is 1. The van der Waals surface area contributed by atoms with Crippen LogP contribution in [0.25, 0.3) is 11.0 Å². The number of hydrogen-bond acceptors (Lipinski definition) is 5. The molecule has 4 aromatic rings. The molecule has 0 aliphatic carbocycles. The Morgan fingerprint density at radius 3 is 2.55 bits per heavy atom. The van der Waals surface area contributed by atoms with Gasteiger partial charge in [-0.2, -0.15) is 0 Å². The number of furan rings is 2. The molecule has 0 bridgehead atoms. The van der Waals surface area contributed by atoms with E-state index in [9.17, 15) is 14.7 Å². The first kappa shape index (κ1) is 18.9. The van der Waals surface area contributed by atoms with Gasteiger partial charge in [0.1, 0.15) is 11.3 Å². The average Bonchev–Trinajstić information content (AvgIpc) is 3.49. The molecular formula is C25H19NO5. The predicted molar refractivity (Wildman–Crippen MR) is 113 cm³/mol. The Labute approximate surface area is 178 Å². The van der Waals surface area contributed by atoms with Gasteiger partial charge in [0, 0.05) is 5.39 Å². The summed E-state index contributed by atoms with van der Waals surface area (Å²) in [4.78, 5) is 27.9. The Hall–Kier alpha value is -4.06. The molecule has 1 atom stereocenters. The van der Waals surface area contributed by atoms with Gasteiger partial charge in [0.05, 0.1) is 24.4 Å². The lowest BCUT2D eigenvalue weighted by molar-refractivity contribution is -0.130. The second-order valence-electron chi connectivity index (χ2n) is 7.57. The molecule has 5 rings (SSSR count). The van der Waals surface area contributed by atoms with Gasteiger partial charge >= 0.3 is 0 Å². The molecule has 0 fully saturated rings. The van der Waals surface area contributed by atoms with Gasteiger partial charge in [-0.05, 0) is 36.8 Å². The fourth-order valence-corrected chi connectivity index (χ4v) is 3.94. The summed E-state index contributed by atoms with van der Waals surface area (Å²) in [6.45, 7) is 2.07. The normalized spacial score (nSPS) is 16.5. The summed E-state index contributed by atoms with van der Waals surface area (Å²) in [5.41, 5.74) is 2.33. The van der Waals surface area contributed by atoms with Gasteiger partial charge in [-0.1, -0.05) is 48.0 Å². The third-order valence-corrected chi connectivity index (χ3v) is 5.50. The third-order valence-electron chi connectivity index (χ3n) is 5.50. The van der Waals surface area contributed by atoms with Crippen LogP contribution in [0.2, 0.25) is 0 Å². The Bertz CT molecular complexity index is 1280. The van der Waals surface area contributed by atoms with Crippen molar-refractivity contribution in [3.63, 3.8) is 0 Å². The van der Waals surface area contributed by atoms with Crippen molar-refractivity contribution >= 4 is 22.7 Å². The van der Waals surface area contributed by atoms with Gasteiger partial charge < -0.3 is 18.8 Å². The number of benzene rings is 2. The molecule has 1 aliphatic heterocycles. The summed E-state index contributed by atoms with van der Waals surface area (Å²) in [6.07, 6.45) is 1.52. The van der Waals surface area contributed by atoms with Gasteiger partial charge in [-0.15, -0.1) is 0 Å². The van der Waals surface area contributed by atoms with Crippen LogP contribution < -0.4 is 0 Å². The molecule has 6 nitrogen and oxygen atoms in total. The minimum absolute atomic E-state index is 0.000495. The van der Waals surface area contributed by atoms with E-state index in [0.29, 0.717) is 16.9 Å². The highest BCUT2D eigenvalue weighted by atomic mass is 16.3. The first-order valence-electron chi connectivity index (χ1n) is 9.89. The molecular weight excluding hydrogens is 394 g/mol. The van der Waals surface area contributed by atoms with E-state index in [4.69, 9.17) is 8.83 Å². The van der Waals surface area contributed by atoms with E-state index < -0.39 is 23.5 Å². The number of ketones is 1. The molecule has 3 heterocycles. The molecule has 31 heavy (non-hydrogen) atoms. The van der Waals surface area contributed by atoms with Gasteiger partial charge in [-0.3, -0.25) is 9.59 Å². The smallest absolute Gasteiger partial charge is 0.290 e. The fraction of sp³-hybridized carbons (Fsp3) is 0.120. The van der Waals surface area contributed by atoms with Crippen molar-refractivity contribution in [2.24, 2.45) is 0 Å². The number of fused-ring (bicyclic) bond motifs is 1. The standard InChI is InChI=1S/C25H19NO5/c1-15-8-10-16(11-9-15)22-21(23(27)20-13-17-5-2-3-7-19(17)31-20)24(28)25(29)26(22)14-18-6-4-12-30-18/h2-13,22,28H,14H2,1H3/t22-/m1/s1. The molecule has 0 saturated carbocycles. The van der Waals surface area contributed by atoms with Gasteiger partial charge in [0.25, 0.3) is 5.91 Å². The maximum atomic E-state index is 13.5. The zero-order valence-electron chi connectivity index (χ0n) is 16.7. The van der Waals surface area contributed by atoms with Crippen LogP contribution in [0.1, 0.15) is 33.5 Å². The Morgan fingerprint density at radius 1 is 1.06 bits per heavy atom. The Balaban J connectivity index is 1.61. The van der Waals surface area contributed by atoms with Crippen LogP contribution in [0.15, 0.2) is 93.2 Å². The maximum absolute atomic E-state index is 13.5. The van der Waals surface area contributed by atoms with Crippen LogP contribution in [0.3, 0.4) is 0 Å². The van der Waals surface area contributed by atoms with E-state index in [-0.39, 0.29) is 17.9 Å². The van der Waals surface area contributed by atoms with E-state index in [1.54, 1.807) is 24.3 Å². The molecule has 0 spiro atoms. The SMILES string of the molecule is Cc1ccc([C@@H]2C(C(=O)c3cc4ccccc4o3)=C(O)C(=O)N2Cc2ccco2)cc1. The van der Waals surface area contributed by atoms with E-state index in [1.165, 1.54) is 11.2 Å². The first-order valence-corrected chi connectivity index (χ1v) is 9.89. The quantitative estimate of drug-likeness (QED) is 0.460. The second-order valence-corrected chi connectivity index (χ2v) is 7.57. The summed E-state index contributed by atoms with van der Waals surface area (Å²) in [7, 11) is 0. The molecule has 6 heteroatoms. The lowest BCUT2D eigenvalue weighted by atomic mass is 9.94. The lowest BCUT2D eigenvalue weighted by Gasteiger charge is -2.26. The van der Waals surface area contributed by atoms with Gasteiger partial charge in [-0.25, -0.2) is 0 Å².